The molecule has 0 aliphatic rings. The lowest BCUT2D eigenvalue weighted by atomic mass is 10.0. The van der Waals surface area contributed by atoms with E-state index in [1.165, 1.54) is 0 Å². The topological polar surface area (TPSA) is 105 Å². The van der Waals surface area contributed by atoms with E-state index in [9.17, 15) is 9.59 Å². The lowest BCUT2D eigenvalue weighted by Crippen LogP contribution is -2.17. The Morgan fingerprint density at radius 3 is 2.62 bits per heavy atom. The number of aryl methyl sites for hydroxylation is 1. The first-order valence-corrected chi connectivity index (χ1v) is 7.06. The summed E-state index contributed by atoms with van der Waals surface area (Å²) in [6.07, 6.45) is 0.142. The molecule has 0 aliphatic carbocycles. The highest BCUT2D eigenvalue weighted by atomic mass is 32.1. The Kier molecular flexibility index (Phi) is 4.66. The minimum atomic E-state index is -1.10. The summed E-state index contributed by atoms with van der Waals surface area (Å²) in [7, 11) is 0. The zero-order valence-corrected chi connectivity index (χ0v) is 12.2. The van der Waals surface area contributed by atoms with Crippen LogP contribution in [0, 0.1) is 6.92 Å². The smallest absolute Gasteiger partial charge is 0.340 e. The standard InChI is InChI=1S/C14H15N3O3S/c1-8-12(14(19)20)13(21-17-8)16-11(18)6-9-4-2-3-5-10(9)7-15/h2-5H,6-7,15H2,1H3,(H,16,18)(H,19,20). The van der Waals surface area contributed by atoms with Gasteiger partial charge in [-0.3, -0.25) is 4.79 Å². The Hall–Kier alpha value is -2.25. The molecule has 0 saturated heterocycles. The van der Waals surface area contributed by atoms with Crippen molar-refractivity contribution in [3.8, 4) is 0 Å². The van der Waals surface area contributed by atoms with E-state index in [2.05, 4.69) is 9.69 Å². The van der Waals surface area contributed by atoms with Gasteiger partial charge in [-0.2, -0.15) is 4.37 Å². The Morgan fingerprint density at radius 1 is 1.33 bits per heavy atom. The summed E-state index contributed by atoms with van der Waals surface area (Å²) in [5.74, 6) is -1.39. The number of carbonyl (C=O) groups excluding carboxylic acids is 1. The third-order valence-corrected chi connectivity index (χ3v) is 3.87. The molecule has 7 heteroatoms. The molecule has 2 aromatic rings. The fraction of sp³-hybridized carbons (Fsp3) is 0.214. The third kappa shape index (κ3) is 3.45. The van der Waals surface area contributed by atoms with Crippen molar-refractivity contribution in [2.24, 2.45) is 5.73 Å². The van der Waals surface area contributed by atoms with Gasteiger partial charge in [0.2, 0.25) is 5.91 Å². The Bertz CT molecular complexity index is 682. The SMILES string of the molecule is Cc1nsc(NC(=O)Cc2ccccc2CN)c1C(=O)O. The van der Waals surface area contributed by atoms with E-state index in [0.29, 0.717) is 12.2 Å². The number of benzene rings is 1. The zero-order valence-electron chi connectivity index (χ0n) is 11.4. The summed E-state index contributed by atoms with van der Waals surface area (Å²) in [5, 5.41) is 12.0. The summed E-state index contributed by atoms with van der Waals surface area (Å²) >= 11 is 0.966. The number of carboxylic acids is 1. The van der Waals surface area contributed by atoms with E-state index in [4.69, 9.17) is 10.8 Å². The first-order valence-electron chi connectivity index (χ1n) is 6.29. The second-order valence-corrected chi connectivity index (χ2v) is 5.25. The molecule has 0 saturated carbocycles. The molecule has 21 heavy (non-hydrogen) atoms. The number of carbonyl (C=O) groups is 2. The average molecular weight is 305 g/mol. The monoisotopic (exact) mass is 305 g/mol. The molecule has 0 bridgehead atoms. The second kappa shape index (κ2) is 6.47. The van der Waals surface area contributed by atoms with Gasteiger partial charge in [-0.05, 0) is 29.6 Å². The van der Waals surface area contributed by atoms with E-state index in [-0.39, 0.29) is 22.9 Å². The van der Waals surface area contributed by atoms with Crippen LogP contribution in [0.15, 0.2) is 24.3 Å². The fourth-order valence-corrected chi connectivity index (χ4v) is 2.79. The summed E-state index contributed by atoms with van der Waals surface area (Å²) in [6, 6.07) is 7.39. The van der Waals surface area contributed by atoms with Gasteiger partial charge in [-0.25, -0.2) is 4.79 Å². The summed E-state index contributed by atoms with van der Waals surface area (Å²) in [6.45, 7) is 1.95. The van der Waals surface area contributed by atoms with Crippen LogP contribution in [0.2, 0.25) is 0 Å². The molecule has 6 nitrogen and oxygen atoms in total. The van der Waals surface area contributed by atoms with Crippen LogP contribution < -0.4 is 11.1 Å². The molecule has 1 aromatic heterocycles. The number of rotatable bonds is 5. The van der Waals surface area contributed by atoms with Gasteiger partial charge in [0.05, 0.1) is 12.1 Å². The minimum Gasteiger partial charge on any atom is -0.478 e. The lowest BCUT2D eigenvalue weighted by Gasteiger charge is -2.08. The summed E-state index contributed by atoms with van der Waals surface area (Å²) < 4.78 is 3.96. The van der Waals surface area contributed by atoms with Crippen LogP contribution in [-0.2, 0) is 17.8 Å². The van der Waals surface area contributed by atoms with Crippen LogP contribution in [0.3, 0.4) is 0 Å². The fourth-order valence-electron chi connectivity index (χ4n) is 1.98. The lowest BCUT2D eigenvalue weighted by molar-refractivity contribution is -0.115. The van der Waals surface area contributed by atoms with Gasteiger partial charge in [0.25, 0.3) is 0 Å². The predicted octanol–water partition coefficient (Wildman–Crippen LogP) is 1.79. The first-order chi connectivity index (χ1) is 10.0. The van der Waals surface area contributed by atoms with E-state index < -0.39 is 5.97 Å². The van der Waals surface area contributed by atoms with Crippen molar-refractivity contribution in [1.29, 1.82) is 0 Å². The molecule has 2 rings (SSSR count). The van der Waals surface area contributed by atoms with E-state index in [1.807, 2.05) is 24.3 Å². The maximum absolute atomic E-state index is 12.1. The normalized spacial score (nSPS) is 10.4. The number of aromatic carboxylic acids is 1. The first kappa shape index (κ1) is 15.1. The van der Waals surface area contributed by atoms with Gasteiger partial charge >= 0.3 is 5.97 Å². The van der Waals surface area contributed by atoms with Crippen molar-refractivity contribution in [2.75, 3.05) is 5.32 Å². The van der Waals surface area contributed by atoms with Gasteiger partial charge < -0.3 is 16.2 Å². The van der Waals surface area contributed by atoms with E-state index in [1.54, 1.807) is 6.92 Å². The van der Waals surface area contributed by atoms with Crippen LogP contribution in [0.5, 0.6) is 0 Å². The van der Waals surface area contributed by atoms with Crippen molar-refractivity contribution in [3.63, 3.8) is 0 Å². The van der Waals surface area contributed by atoms with Crippen molar-refractivity contribution in [1.82, 2.24) is 4.37 Å². The molecule has 0 aliphatic heterocycles. The number of nitrogens with two attached hydrogens (primary N) is 1. The number of hydrogen-bond donors (Lipinski definition) is 3. The molecule has 0 fully saturated rings. The molecule has 110 valence electrons. The molecule has 0 atom stereocenters. The quantitative estimate of drug-likeness (QED) is 0.781. The van der Waals surface area contributed by atoms with Gasteiger partial charge in [-0.1, -0.05) is 24.3 Å². The maximum Gasteiger partial charge on any atom is 0.340 e. The van der Waals surface area contributed by atoms with Crippen LogP contribution in [0.1, 0.15) is 27.2 Å². The molecule has 0 radical (unpaired) electrons. The largest absolute Gasteiger partial charge is 0.478 e. The number of anilines is 1. The number of aromatic nitrogens is 1. The van der Waals surface area contributed by atoms with Crippen LogP contribution in [0.4, 0.5) is 5.00 Å². The molecule has 0 spiro atoms. The molecule has 4 N–H and O–H groups in total. The van der Waals surface area contributed by atoms with Gasteiger partial charge in [-0.15, -0.1) is 0 Å². The van der Waals surface area contributed by atoms with Gasteiger partial charge in [0.15, 0.2) is 0 Å². The van der Waals surface area contributed by atoms with Gasteiger partial charge in [0, 0.05) is 6.54 Å². The van der Waals surface area contributed by atoms with Crippen LogP contribution in [-0.4, -0.2) is 21.4 Å². The number of nitrogens with zero attached hydrogens (tertiary/aromatic N) is 1. The van der Waals surface area contributed by atoms with Crippen LogP contribution >= 0.6 is 11.5 Å². The third-order valence-electron chi connectivity index (χ3n) is 3.02. The number of amides is 1. The Labute approximate surface area is 125 Å². The van der Waals surface area contributed by atoms with E-state index >= 15 is 0 Å². The second-order valence-electron chi connectivity index (χ2n) is 4.48. The van der Waals surface area contributed by atoms with Crippen LogP contribution in [0.25, 0.3) is 0 Å². The Balaban J connectivity index is 2.14. The molecular formula is C14H15N3O3S. The van der Waals surface area contributed by atoms with Crippen molar-refractivity contribution >= 4 is 28.4 Å². The predicted molar refractivity (Wildman–Crippen MR) is 80.5 cm³/mol. The van der Waals surface area contributed by atoms with Crippen molar-refractivity contribution < 1.29 is 14.7 Å². The summed E-state index contributed by atoms with van der Waals surface area (Å²) in [5.41, 5.74) is 7.79. The average Bonchev–Trinajstić information content (AvgIpc) is 2.80. The Morgan fingerprint density at radius 2 is 2.00 bits per heavy atom. The zero-order chi connectivity index (χ0) is 15.4. The highest BCUT2D eigenvalue weighted by Crippen LogP contribution is 2.24. The minimum absolute atomic E-state index is 0.0421. The molecular weight excluding hydrogens is 290 g/mol. The van der Waals surface area contributed by atoms with Gasteiger partial charge in [0.1, 0.15) is 10.6 Å². The number of hydrogen-bond acceptors (Lipinski definition) is 5. The summed E-state index contributed by atoms with van der Waals surface area (Å²) in [4.78, 5) is 23.2. The number of nitrogens with one attached hydrogen (secondary N) is 1. The highest BCUT2D eigenvalue weighted by Gasteiger charge is 2.19. The molecule has 1 aromatic carbocycles. The molecule has 1 heterocycles. The molecule has 1 amide bonds. The highest BCUT2D eigenvalue weighted by molar-refractivity contribution is 7.11. The maximum atomic E-state index is 12.1. The van der Waals surface area contributed by atoms with E-state index in [0.717, 1.165) is 22.7 Å². The van der Waals surface area contributed by atoms with Crippen molar-refractivity contribution in [2.45, 2.75) is 19.9 Å². The van der Waals surface area contributed by atoms with Crippen molar-refractivity contribution in [3.05, 3.63) is 46.6 Å². The number of carboxylic acid groups (broad SMARTS) is 1. The molecule has 0 unspecified atom stereocenters.